The van der Waals surface area contributed by atoms with Crippen molar-refractivity contribution in [2.45, 2.75) is 39.0 Å². The summed E-state index contributed by atoms with van der Waals surface area (Å²) in [7, 11) is 0. The molecule has 1 aromatic heterocycles. The molecule has 1 aliphatic heterocycles. The summed E-state index contributed by atoms with van der Waals surface area (Å²) < 4.78 is 5.71. The van der Waals surface area contributed by atoms with E-state index in [0.29, 0.717) is 18.0 Å². The second kappa shape index (κ2) is 6.13. The van der Waals surface area contributed by atoms with E-state index in [1.54, 1.807) is 6.20 Å². The minimum Gasteiger partial charge on any atom is -0.376 e. The van der Waals surface area contributed by atoms with E-state index in [1.165, 1.54) is 5.56 Å². The second-order valence-corrected chi connectivity index (χ2v) is 4.83. The number of nitrogens with two attached hydrogens (primary N) is 1. The van der Waals surface area contributed by atoms with Crippen molar-refractivity contribution in [3.63, 3.8) is 0 Å². The molecule has 2 atom stereocenters. The fourth-order valence-electron chi connectivity index (χ4n) is 2.37. The van der Waals surface area contributed by atoms with Crippen molar-refractivity contribution in [2.75, 3.05) is 18.6 Å². The van der Waals surface area contributed by atoms with Gasteiger partial charge in [-0.05, 0) is 31.0 Å². The highest BCUT2D eigenvalue weighted by molar-refractivity contribution is 5.35. The van der Waals surface area contributed by atoms with Crippen LogP contribution < -0.4 is 11.3 Å². The predicted octanol–water partition coefficient (Wildman–Crippen LogP) is 1.37. The molecule has 0 bridgehead atoms. The summed E-state index contributed by atoms with van der Waals surface area (Å²) in [5.74, 6) is 6.09. The Morgan fingerprint density at radius 2 is 2.44 bits per heavy atom. The van der Waals surface area contributed by atoms with Gasteiger partial charge in [0, 0.05) is 25.3 Å². The first-order chi connectivity index (χ1) is 8.72. The molecule has 1 aromatic rings. The van der Waals surface area contributed by atoms with Crippen LogP contribution in [0.4, 0.5) is 5.82 Å². The van der Waals surface area contributed by atoms with Gasteiger partial charge in [-0.3, -0.25) is 4.90 Å². The molecule has 0 aromatic carbocycles. The van der Waals surface area contributed by atoms with Crippen molar-refractivity contribution in [2.24, 2.45) is 5.84 Å². The van der Waals surface area contributed by atoms with Crippen LogP contribution in [0.2, 0.25) is 0 Å². The van der Waals surface area contributed by atoms with Gasteiger partial charge in [0.05, 0.1) is 12.7 Å². The molecule has 5 nitrogen and oxygen atoms in total. The Labute approximate surface area is 108 Å². The summed E-state index contributed by atoms with van der Waals surface area (Å²) >= 11 is 0. The predicted molar refractivity (Wildman–Crippen MR) is 72.0 cm³/mol. The zero-order valence-corrected chi connectivity index (χ0v) is 11.1. The summed E-state index contributed by atoms with van der Waals surface area (Å²) in [4.78, 5) is 6.60. The van der Waals surface area contributed by atoms with Gasteiger partial charge in [-0.15, -0.1) is 0 Å². The monoisotopic (exact) mass is 250 g/mol. The lowest BCUT2D eigenvalue weighted by molar-refractivity contribution is -0.0592. The Balaban J connectivity index is 2.05. The summed E-state index contributed by atoms with van der Waals surface area (Å²) in [6, 6.07) is 4.53. The number of nitrogens with one attached hydrogen (secondary N) is 1. The number of anilines is 1. The second-order valence-electron chi connectivity index (χ2n) is 4.83. The quantitative estimate of drug-likeness (QED) is 0.624. The first kappa shape index (κ1) is 13.3. The smallest absolute Gasteiger partial charge is 0.140 e. The molecule has 1 fully saturated rings. The number of hydrogen-bond acceptors (Lipinski definition) is 5. The van der Waals surface area contributed by atoms with Crippen LogP contribution in [0.5, 0.6) is 0 Å². The minimum absolute atomic E-state index is 0.307. The molecule has 2 unspecified atom stereocenters. The van der Waals surface area contributed by atoms with Crippen molar-refractivity contribution in [3.8, 4) is 0 Å². The Morgan fingerprint density at radius 3 is 3.17 bits per heavy atom. The number of nitrogen functional groups attached to an aromatic ring is 1. The molecule has 100 valence electrons. The van der Waals surface area contributed by atoms with Crippen molar-refractivity contribution in [1.29, 1.82) is 0 Å². The lowest BCUT2D eigenvalue weighted by Crippen LogP contribution is -2.47. The first-order valence-corrected chi connectivity index (χ1v) is 6.50. The molecular formula is C13H22N4O. The minimum atomic E-state index is 0.307. The molecule has 1 aliphatic rings. The number of aromatic nitrogens is 1. The standard InChI is InChI=1S/C13H22N4O/c1-3-12-9-18-10(2)7-17(12)8-11-4-5-15-13(6-11)16-14/h4-6,10,12H,3,7-9,14H2,1-2H3,(H,15,16). The number of nitrogens with zero attached hydrogens (tertiary/aromatic N) is 2. The van der Waals surface area contributed by atoms with Crippen LogP contribution in [0.3, 0.4) is 0 Å². The molecule has 0 saturated carbocycles. The number of rotatable bonds is 4. The van der Waals surface area contributed by atoms with E-state index < -0.39 is 0 Å². The van der Waals surface area contributed by atoms with E-state index in [-0.39, 0.29) is 0 Å². The van der Waals surface area contributed by atoms with Gasteiger partial charge in [0.1, 0.15) is 5.82 Å². The normalized spacial score (nSPS) is 25.1. The van der Waals surface area contributed by atoms with E-state index >= 15 is 0 Å². The van der Waals surface area contributed by atoms with Crippen LogP contribution in [0, 0.1) is 0 Å². The van der Waals surface area contributed by atoms with Gasteiger partial charge < -0.3 is 10.2 Å². The Morgan fingerprint density at radius 1 is 1.61 bits per heavy atom. The molecule has 0 amide bonds. The van der Waals surface area contributed by atoms with Gasteiger partial charge in [0.2, 0.25) is 0 Å². The Bertz CT molecular complexity index is 385. The number of morpholine rings is 1. The maximum Gasteiger partial charge on any atom is 0.140 e. The zero-order valence-electron chi connectivity index (χ0n) is 11.1. The van der Waals surface area contributed by atoms with E-state index in [4.69, 9.17) is 10.6 Å². The highest BCUT2D eigenvalue weighted by atomic mass is 16.5. The topological polar surface area (TPSA) is 63.4 Å². The van der Waals surface area contributed by atoms with Crippen molar-refractivity contribution in [3.05, 3.63) is 23.9 Å². The summed E-state index contributed by atoms with van der Waals surface area (Å²) in [6.07, 6.45) is 3.21. The third-order valence-corrected chi connectivity index (χ3v) is 3.41. The van der Waals surface area contributed by atoms with E-state index in [1.807, 2.05) is 12.1 Å². The molecule has 0 aliphatic carbocycles. The maximum absolute atomic E-state index is 5.71. The van der Waals surface area contributed by atoms with E-state index in [0.717, 1.165) is 26.1 Å². The summed E-state index contributed by atoms with van der Waals surface area (Å²) in [5.41, 5.74) is 3.81. The van der Waals surface area contributed by atoms with Gasteiger partial charge in [0.25, 0.3) is 0 Å². The summed E-state index contributed by atoms with van der Waals surface area (Å²) in [6.45, 7) is 7.05. The van der Waals surface area contributed by atoms with Crippen LogP contribution in [0.15, 0.2) is 18.3 Å². The van der Waals surface area contributed by atoms with Crippen LogP contribution >= 0.6 is 0 Å². The summed E-state index contributed by atoms with van der Waals surface area (Å²) in [5, 5.41) is 0. The van der Waals surface area contributed by atoms with Gasteiger partial charge in [-0.2, -0.15) is 0 Å². The molecular weight excluding hydrogens is 228 g/mol. The Kier molecular flexibility index (Phi) is 4.52. The molecule has 2 rings (SSSR count). The van der Waals surface area contributed by atoms with Gasteiger partial charge >= 0.3 is 0 Å². The highest BCUT2D eigenvalue weighted by Gasteiger charge is 2.25. The number of ether oxygens (including phenoxy) is 1. The SMILES string of the molecule is CCC1COC(C)CN1Cc1ccnc(NN)c1. The van der Waals surface area contributed by atoms with E-state index in [2.05, 4.69) is 29.2 Å². The number of hydrazine groups is 1. The lowest BCUT2D eigenvalue weighted by Gasteiger charge is -2.38. The average molecular weight is 250 g/mol. The van der Waals surface area contributed by atoms with Crippen LogP contribution in [-0.2, 0) is 11.3 Å². The van der Waals surface area contributed by atoms with E-state index in [9.17, 15) is 0 Å². The number of hydrogen-bond donors (Lipinski definition) is 2. The van der Waals surface area contributed by atoms with Crippen LogP contribution in [-0.4, -0.2) is 35.2 Å². The third kappa shape index (κ3) is 3.19. The van der Waals surface area contributed by atoms with Crippen molar-refractivity contribution < 1.29 is 4.74 Å². The lowest BCUT2D eigenvalue weighted by atomic mass is 10.1. The molecule has 0 spiro atoms. The maximum atomic E-state index is 5.71. The molecule has 18 heavy (non-hydrogen) atoms. The first-order valence-electron chi connectivity index (χ1n) is 6.50. The fourth-order valence-corrected chi connectivity index (χ4v) is 2.37. The Hall–Kier alpha value is -1.17. The highest BCUT2D eigenvalue weighted by Crippen LogP contribution is 2.18. The van der Waals surface area contributed by atoms with Gasteiger partial charge in [0.15, 0.2) is 0 Å². The van der Waals surface area contributed by atoms with Crippen molar-refractivity contribution >= 4 is 5.82 Å². The van der Waals surface area contributed by atoms with Crippen LogP contribution in [0.1, 0.15) is 25.8 Å². The molecule has 0 radical (unpaired) electrons. The molecule has 5 heteroatoms. The third-order valence-electron chi connectivity index (χ3n) is 3.41. The van der Waals surface area contributed by atoms with Crippen LogP contribution in [0.25, 0.3) is 0 Å². The van der Waals surface area contributed by atoms with Crippen molar-refractivity contribution in [1.82, 2.24) is 9.88 Å². The molecule has 1 saturated heterocycles. The zero-order chi connectivity index (χ0) is 13.0. The number of pyridine rings is 1. The average Bonchev–Trinajstić information content (AvgIpc) is 2.39. The molecule has 3 N–H and O–H groups in total. The molecule has 2 heterocycles. The van der Waals surface area contributed by atoms with Gasteiger partial charge in [-0.25, -0.2) is 10.8 Å². The fraction of sp³-hybridized carbons (Fsp3) is 0.615. The largest absolute Gasteiger partial charge is 0.376 e. The van der Waals surface area contributed by atoms with Gasteiger partial charge in [-0.1, -0.05) is 6.92 Å².